The van der Waals surface area contributed by atoms with Gasteiger partial charge in [-0.2, -0.15) is 0 Å². The van der Waals surface area contributed by atoms with Crippen molar-refractivity contribution in [2.75, 3.05) is 45.8 Å². The van der Waals surface area contributed by atoms with Gasteiger partial charge in [-0.15, -0.1) is 0 Å². The van der Waals surface area contributed by atoms with E-state index in [1.165, 1.54) is 31.3 Å². The van der Waals surface area contributed by atoms with Gasteiger partial charge in [-0.1, -0.05) is 18.2 Å². The number of benzene rings is 2. The molecule has 2 amide bonds. The molecule has 0 aromatic heterocycles. The Balaban J connectivity index is 1.79. The van der Waals surface area contributed by atoms with E-state index in [1.807, 2.05) is 18.2 Å². The molecule has 33 heavy (non-hydrogen) atoms. The summed E-state index contributed by atoms with van der Waals surface area (Å²) in [6, 6.07) is 11.6. The van der Waals surface area contributed by atoms with E-state index < -0.39 is 16.7 Å². The zero-order valence-electron chi connectivity index (χ0n) is 18.6. The number of nitrogens with zero attached hydrogens (tertiary/aromatic N) is 2. The highest BCUT2D eigenvalue weighted by molar-refractivity contribution is 6.00. The molecule has 0 spiro atoms. The molecule has 1 saturated heterocycles. The zero-order valence-corrected chi connectivity index (χ0v) is 18.6. The first kappa shape index (κ1) is 24.0. The molecule has 1 aliphatic heterocycles. The molecule has 1 aliphatic rings. The number of piperidine rings is 1. The van der Waals surface area contributed by atoms with Gasteiger partial charge in [0.2, 0.25) is 5.91 Å². The molecular formula is C23H27N3O7. The number of carbonyl (C=O) groups excluding carboxylic acids is 2. The molecule has 176 valence electrons. The van der Waals surface area contributed by atoms with Crippen molar-refractivity contribution in [1.82, 2.24) is 4.90 Å². The van der Waals surface area contributed by atoms with E-state index in [-0.39, 0.29) is 48.4 Å². The smallest absolute Gasteiger partial charge is 0.286 e. The summed E-state index contributed by atoms with van der Waals surface area (Å²) in [6.07, 6.45) is 1.24. The van der Waals surface area contributed by atoms with Crippen LogP contribution in [0.15, 0.2) is 42.5 Å². The van der Waals surface area contributed by atoms with Crippen molar-refractivity contribution in [1.29, 1.82) is 0 Å². The summed E-state index contributed by atoms with van der Waals surface area (Å²) in [7, 11) is 2.90. The largest absolute Gasteiger partial charge is 0.493 e. The average molecular weight is 457 g/mol. The summed E-state index contributed by atoms with van der Waals surface area (Å²) in [5.74, 6) is -0.777. The Morgan fingerprint density at radius 3 is 2.58 bits per heavy atom. The minimum atomic E-state index is -0.626. The van der Waals surface area contributed by atoms with Crippen molar-refractivity contribution in [3.05, 3.63) is 58.1 Å². The van der Waals surface area contributed by atoms with Gasteiger partial charge in [0.15, 0.2) is 11.5 Å². The van der Waals surface area contributed by atoms with Gasteiger partial charge in [0, 0.05) is 32.0 Å². The minimum Gasteiger partial charge on any atom is -0.493 e. The lowest BCUT2D eigenvalue weighted by molar-refractivity contribution is -0.385. The highest BCUT2D eigenvalue weighted by Gasteiger charge is 2.33. The lowest BCUT2D eigenvalue weighted by atomic mass is 9.96. The van der Waals surface area contributed by atoms with Crippen LogP contribution in [-0.2, 0) is 9.53 Å². The van der Waals surface area contributed by atoms with E-state index in [9.17, 15) is 19.7 Å². The summed E-state index contributed by atoms with van der Waals surface area (Å²) in [5.41, 5.74) is 0.180. The molecule has 2 aromatic carbocycles. The number of nitro benzene ring substituents is 1. The number of anilines is 1. The summed E-state index contributed by atoms with van der Waals surface area (Å²) < 4.78 is 15.7. The van der Waals surface area contributed by atoms with Gasteiger partial charge >= 0.3 is 0 Å². The van der Waals surface area contributed by atoms with Gasteiger partial charge in [0.1, 0.15) is 12.2 Å². The molecule has 10 nitrogen and oxygen atoms in total. The van der Waals surface area contributed by atoms with Gasteiger partial charge in [0.05, 0.1) is 30.6 Å². The molecule has 1 fully saturated rings. The molecule has 0 aliphatic carbocycles. The predicted octanol–water partition coefficient (Wildman–Crippen LogP) is 3.12. The van der Waals surface area contributed by atoms with Crippen LogP contribution in [0.5, 0.6) is 11.5 Å². The first-order valence-electron chi connectivity index (χ1n) is 10.6. The van der Waals surface area contributed by atoms with Crippen molar-refractivity contribution >= 4 is 23.2 Å². The normalized spacial score (nSPS) is 15.6. The van der Waals surface area contributed by atoms with Crippen LogP contribution < -0.4 is 14.8 Å². The lowest BCUT2D eigenvalue weighted by Crippen LogP contribution is -2.44. The van der Waals surface area contributed by atoms with Gasteiger partial charge in [0.25, 0.3) is 11.6 Å². The van der Waals surface area contributed by atoms with Crippen molar-refractivity contribution in [3.8, 4) is 11.5 Å². The highest BCUT2D eigenvalue weighted by atomic mass is 16.6. The molecule has 10 heteroatoms. The third kappa shape index (κ3) is 5.98. The van der Waals surface area contributed by atoms with Crippen molar-refractivity contribution in [2.24, 2.45) is 5.92 Å². The molecule has 0 saturated carbocycles. The van der Waals surface area contributed by atoms with Gasteiger partial charge in [-0.05, 0) is 25.0 Å². The Hall–Kier alpha value is -3.66. The Kier molecular flexibility index (Phi) is 8.20. The van der Waals surface area contributed by atoms with Crippen LogP contribution in [0.25, 0.3) is 0 Å². The topological polar surface area (TPSA) is 120 Å². The number of nitrogens with one attached hydrogen (secondary N) is 1. The minimum absolute atomic E-state index is 0.111. The lowest BCUT2D eigenvalue weighted by Gasteiger charge is -2.32. The fourth-order valence-electron chi connectivity index (χ4n) is 3.69. The molecule has 1 atom stereocenters. The highest BCUT2D eigenvalue weighted by Crippen LogP contribution is 2.36. The quantitative estimate of drug-likeness (QED) is 0.349. The Labute approximate surface area is 191 Å². The Morgan fingerprint density at radius 1 is 1.15 bits per heavy atom. The molecule has 1 N–H and O–H groups in total. The molecule has 0 unspecified atom stereocenters. The molecule has 0 radical (unpaired) electrons. The van der Waals surface area contributed by atoms with Crippen molar-refractivity contribution in [2.45, 2.75) is 12.8 Å². The van der Waals surface area contributed by atoms with Crippen LogP contribution in [0, 0.1) is 16.0 Å². The number of hydrogen-bond donors (Lipinski definition) is 1. The predicted molar refractivity (Wildman–Crippen MR) is 121 cm³/mol. The molecule has 3 rings (SSSR count). The molecule has 1 heterocycles. The number of para-hydroxylation sites is 1. The number of methoxy groups -OCH3 is 2. The number of rotatable bonds is 9. The number of nitro groups is 1. The van der Waals surface area contributed by atoms with E-state index >= 15 is 0 Å². The fourth-order valence-corrected chi connectivity index (χ4v) is 3.69. The van der Waals surface area contributed by atoms with E-state index in [0.717, 1.165) is 0 Å². The third-order valence-electron chi connectivity index (χ3n) is 5.37. The second kappa shape index (κ2) is 11.3. The molecule has 2 aromatic rings. The maximum Gasteiger partial charge on any atom is 0.286 e. The van der Waals surface area contributed by atoms with Gasteiger partial charge < -0.3 is 24.4 Å². The van der Waals surface area contributed by atoms with Crippen LogP contribution in [0.1, 0.15) is 23.2 Å². The van der Waals surface area contributed by atoms with Crippen molar-refractivity contribution < 1.29 is 28.7 Å². The van der Waals surface area contributed by atoms with Crippen LogP contribution >= 0.6 is 0 Å². The maximum atomic E-state index is 13.3. The van der Waals surface area contributed by atoms with Crippen LogP contribution in [0.2, 0.25) is 0 Å². The first-order chi connectivity index (χ1) is 15.9. The number of carbonyl (C=O) groups is 2. The number of likely N-dealkylation sites (tertiary alicyclic amines) is 1. The van der Waals surface area contributed by atoms with Crippen LogP contribution in [0.3, 0.4) is 0 Å². The Morgan fingerprint density at radius 2 is 1.91 bits per heavy atom. The van der Waals surface area contributed by atoms with E-state index in [2.05, 4.69) is 5.32 Å². The number of hydrogen-bond acceptors (Lipinski definition) is 7. The molecular weight excluding hydrogens is 430 g/mol. The fraction of sp³-hybridized carbons (Fsp3) is 0.391. The summed E-state index contributed by atoms with van der Waals surface area (Å²) in [5, 5.41) is 14.6. The monoisotopic (exact) mass is 457 g/mol. The SMILES string of the molecule is COCCOc1cc([N+](=O)[O-])c(C(=O)N2CCC[C@H](C(=O)Nc3ccccc3)C2)cc1OC. The van der Waals surface area contributed by atoms with Crippen LogP contribution in [-0.4, -0.2) is 62.2 Å². The zero-order chi connectivity index (χ0) is 23.8. The second-order valence-corrected chi connectivity index (χ2v) is 7.56. The third-order valence-corrected chi connectivity index (χ3v) is 5.37. The van der Waals surface area contributed by atoms with E-state index in [4.69, 9.17) is 14.2 Å². The first-order valence-corrected chi connectivity index (χ1v) is 10.6. The van der Waals surface area contributed by atoms with E-state index in [0.29, 0.717) is 25.1 Å². The van der Waals surface area contributed by atoms with Crippen molar-refractivity contribution in [3.63, 3.8) is 0 Å². The van der Waals surface area contributed by atoms with Gasteiger partial charge in [-0.3, -0.25) is 19.7 Å². The summed E-state index contributed by atoms with van der Waals surface area (Å²) >= 11 is 0. The summed E-state index contributed by atoms with van der Waals surface area (Å²) in [4.78, 5) is 38.5. The van der Waals surface area contributed by atoms with Crippen LogP contribution in [0.4, 0.5) is 11.4 Å². The molecule has 0 bridgehead atoms. The number of amides is 2. The standard InChI is InChI=1S/C23H27N3O7/c1-31-11-12-33-21-14-19(26(29)30)18(13-20(21)32-2)23(28)25-10-6-7-16(15-25)22(27)24-17-8-4-3-5-9-17/h3-5,8-9,13-14,16H,6-7,10-12,15H2,1-2H3,(H,24,27)/t16-/m0/s1. The number of ether oxygens (including phenoxy) is 3. The second-order valence-electron chi connectivity index (χ2n) is 7.56. The average Bonchev–Trinajstić information content (AvgIpc) is 2.84. The van der Waals surface area contributed by atoms with Gasteiger partial charge in [-0.25, -0.2) is 0 Å². The Bertz CT molecular complexity index is 997. The summed E-state index contributed by atoms with van der Waals surface area (Å²) in [6.45, 7) is 1.03. The van der Waals surface area contributed by atoms with E-state index in [1.54, 1.807) is 12.1 Å². The maximum absolute atomic E-state index is 13.3.